The zero-order valence-corrected chi connectivity index (χ0v) is 13.4. The lowest BCUT2D eigenvalue weighted by molar-refractivity contribution is 0.156. The molecule has 0 atom stereocenters. The largest absolute Gasteiger partial charge is 0.461 e. The van der Waals surface area contributed by atoms with Gasteiger partial charge in [0, 0.05) is 30.5 Å². The Labute approximate surface area is 127 Å². The van der Waals surface area contributed by atoms with Gasteiger partial charge in [-0.25, -0.2) is 0 Å². The number of fused-ring (bicyclic) bond motifs is 1. The fourth-order valence-corrected chi connectivity index (χ4v) is 3.33. The van der Waals surface area contributed by atoms with E-state index >= 15 is 0 Å². The zero-order chi connectivity index (χ0) is 14.7. The van der Waals surface area contributed by atoms with E-state index in [2.05, 4.69) is 43.4 Å². The third-order valence-corrected chi connectivity index (χ3v) is 4.95. The number of unbranched alkanes of at least 4 members (excludes halogenated alkanes) is 1. The van der Waals surface area contributed by atoms with Crippen molar-refractivity contribution in [3.8, 4) is 0 Å². The van der Waals surface area contributed by atoms with Gasteiger partial charge in [-0.3, -0.25) is 0 Å². The molecule has 114 valence electrons. The van der Waals surface area contributed by atoms with Crippen molar-refractivity contribution >= 4 is 11.0 Å². The number of hydrogen-bond donors (Lipinski definition) is 1. The van der Waals surface area contributed by atoms with Crippen LogP contribution in [0.25, 0.3) is 11.0 Å². The van der Waals surface area contributed by atoms with Crippen LogP contribution in [-0.4, -0.2) is 6.54 Å². The number of hydrogen-bond acceptors (Lipinski definition) is 2. The third kappa shape index (κ3) is 3.16. The van der Waals surface area contributed by atoms with E-state index in [1.165, 1.54) is 48.8 Å². The normalized spacial score (nSPS) is 17.0. The van der Waals surface area contributed by atoms with Crippen molar-refractivity contribution in [3.05, 3.63) is 35.6 Å². The Kier molecular flexibility index (Phi) is 4.34. The summed E-state index contributed by atoms with van der Waals surface area (Å²) in [6.45, 7) is 6.69. The number of nitrogens with one attached hydrogen (secondary N) is 1. The van der Waals surface area contributed by atoms with Gasteiger partial charge in [0.2, 0.25) is 0 Å². The van der Waals surface area contributed by atoms with Gasteiger partial charge in [0.15, 0.2) is 0 Å². The zero-order valence-electron chi connectivity index (χ0n) is 13.4. The summed E-state index contributed by atoms with van der Waals surface area (Å²) in [4.78, 5) is 0. The first-order valence-corrected chi connectivity index (χ1v) is 8.42. The van der Waals surface area contributed by atoms with Crippen molar-refractivity contribution in [2.45, 2.75) is 58.9 Å². The van der Waals surface area contributed by atoms with Crippen LogP contribution in [0, 0.1) is 5.41 Å². The smallest absolute Gasteiger partial charge is 0.134 e. The summed E-state index contributed by atoms with van der Waals surface area (Å²) in [5.41, 5.74) is 2.94. The van der Waals surface area contributed by atoms with E-state index in [0.29, 0.717) is 5.41 Å². The lowest BCUT2D eigenvalue weighted by Crippen LogP contribution is -2.37. The summed E-state index contributed by atoms with van der Waals surface area (Å²) in [5.74, 6) is 1.18. The van der Waals surface area contributed by atoms with Crippen LogP contribution in [0.15, 0.2) is 28.7 Å². The maximum Gasteiger partial charge on any atom is 0.134 e. The lowest BCUT2D eigenvalue weighted by Gasteiger charge is -2.38. The van der Waals surface area contributed by atoms with Crippen LogP contribution >= 0.6 is 0 Å². The maximum absolute atomic E-state index is 6.08. The molecule has 0 aliphatic heterocycles. The number of furan rings is 1. The van der Waals surface area contributed by atoms with Gasteiger partial charge in [0.25, 0.3) is 0 Å². The highest BCUT2D eigenvalue weighted by Gasteiger charge is 2.31. The van der Waals surface area contributed by atoms with Gasteiger partial charge in [-0.15, -0.1) is 0 Å². The molecule has 1 fully saturated rings. The highest BCUT2D eigenvalue weighted by atomic mass is 16.3. The molecule has 1 N–H and O–H groups in total. The molecule has 1 saturated carbocycles. The van der Waals surface area contributed by atoms with Crippen molar-refractivity contribution in [1.82, 2.24) is 5.32 Å². The molecule has 2 heteroatoms. The lowest BCUT2D eigenvalue weighted by atomic mass is 9.70. The van der Waals surface area contributed by atoms with E-state index in [9.17, 15) is 0 Å². The first-order valence-electron chi connectivity index (χ1n) is 8.42. The Hall–Kier alpha value is -1.28. The molecule has 1 aliphatic rings. The Bertz CT molecular complexity index is 595. The average Bonchev–Trinajstić information content (AvgIpc) is 2.81. The molecule has 0 bridgehead atoms. The van der Waals surface area contributed by atoms with Crippen LogP contribution in [0.4, 0.5) is 0 Å². The van der Waals surface area contributed by atoms with Gasteiger partial charge in [0.1, 0.15) is 11.3 Å². The maximum atomic E-state index is 6.08. The quantitative estimate of drug-likeness (QED) is 0.769. The molecule has 0 unspecified atom stereocenters. The van der Waals surface area contributed by atoms with E-state index in [4.69, 9.17) is 4.42 Å². The Balaban J connectivity index is 1.74. The summed E-state index contributed by atoms with van der Waals surface area (Å²) in [7, 11) is 0. The van der Waals surface area contributed by atoms with Gasteiger partial charge in [0.05, 0.1) is 0 Å². The number of aryl methyl sites for hydroxylation is 1. The first kappa shape index (κ1) is 14.6. The summed E-state index contributed by atoms with van der Waals surface area (Å²) in [6.07, 6.45) is 7.60. The summed E-state index contributed by atoms with van der Waals surface area (Å²) in [5, 5.41) is 4.97. The van der Waals surface area contributed by atoms with Crippen molar-refractivity contribution < 1.29 is 4.42 Å². The van der Waals surface area contributed by atoms with E-state index in [0.717, 1.165) is 25.1 Å². The summed E-state index contributed by atoms with van der Waals surface area (Å²) < 4.78 is 6.08. The second-order valence-corrected chi connectivity index (χ2v) is 6.87. The molecule has 0 saturated heterocycles. The molecule has 1 heterocycles. The van der Waals surface area contributed by atoms with Crippen molar-refractivity contribution in [2.24, 2.45) is 5.41 Å². The van der Waals surface area contributed by atoms with Crippen LogP contribution in [0.2, 0.25) is 0 Å². The summed E-state index contributed by atoms with van der Waals surface area (Å²) >= 11 is 0. The third-order valence-electron chi connectivity index (χ3n) is 4.95. The first-order chi connectivity index (χ1) is 10.2. The van der Waals surface area contributed by atoms with E-state index < -0.39 is 0 Å². The second-order valence-electron chi connectivity index (χ2n) is 6.87. The predicted molar refractivity (Wildman–Crippen MR) is 88.5 cm³/mol. The fourth-order valence-electron chi connectivity index (χ4n) is 3.33. The topological polar surface area (TPSA) is 25.2 Å². The molecule has 2 nitrogen and oxygen atoms in total. The summed E-state index contributed by atoms with van der Waals surface area (Å²) in [6, 6.07) is 8.44. The molecule has 0 amide bonds. The SMILES string of the molecule is CCCCc1oc2ccccc2c1CNCC1(C)CCC1. The second kappa shape index (κ2) is 6.23. The van der Waals surface area contributed by atoms with Crippen LogP contribution in [0.5, 0.6) is 0 Å². The minimum Gasteiger partial charge on any atom is -0.461 e. The van der Waals surface area contributed by atoms with Crippen molar-refractivity contribution in [3.63, 3.8) is 0 Å². The van der Waals surface area contributed by atoms with Crippen LogP contribution in [0.3, 0.4) is 0 Å². The van der Waals surface area contributed by atoms with Gasteiger partial charge in [-0.05, 0) is 30.7 Å². The molecular formula is C19H27NO. The monoisotopic (exact) mass is 285 g/mol. The van der Waals surface area contributed by atoms with E-state index in [1.807, 2.05) is 0 Å². The van der Waals surface area contributed by atoms with Gasteiger partial charge in [-0.1, -0.05) is 44.9 Å². The molecule has 1 aliphatic carbocycles. The van der Waals surface area contributed by atoms with Crippen LogP contribution < -0.4 is 5.32 Å². The highest BCUT2D eigenvalue weighted by Crippen LogP contribution is 2.39. The number of para-hydroxylation sites is 1. The predicted octanol–water partition coefficient (Wildman–Crippen LogP) is 5.06. The minimum absolute atomic E-state index is 0.531. The van der Waals surface area contributed by atoms with E-state index in [1.54, 1.807) is 0 Å². The van der Waals surface area contributed by atoms with Gasteiger partial charge < -0.3 is 9.73 Å². The Morgan fingerprint density at radius 2 is 2.05 bits per heavy atom. The van der Waals surface area contributed by atoms with Crippen molar-refractivity contribution in [1.29, 1.82) is 0 Å². The van der Waals surface area contributed by atoms with Gasteiger partial charge >= 0.3 is 0 Å². The molecule has 3 rings (SSSR count). The molecule has 1 aromatic carbocycles. The van der Waals surface area contributed by atoms with Crippen LogP contribution in [0.1, 0.15) is 57.3 Å². The molecule has 0 radical (unpaired) electrons. The number of benzene rings is 1. The number of rotatable bonds is 7. The minimum atomic E-state index is 0.531. The van der Waals surface area contributed by atoms with E-state index in [-0.39, 0.29) is 0 Å². The fraction of sp³-hybridized carbons (Fsp3) is 0.579. The highest BCUT2D eigenvalue weighted by molar-refractivity contribution is 5.82. The Morgan fingerprint density at radius 1 is 1.24 bits per heavy atom. The molecule has 2 aromatic rings. The average molecular weight is 285 g/mol. The molecular weight excluding hydrogens is 258 g/mol. The Morgan fingerprint density at radius 3 is 2.76 bits per heavy atom. The molecule has 21 heavy (non-hydrogen) atoms. The van der Waals surface area contributed by atoms with Crippen molar-refractivity contribution in [2.75, 3.05) is 6.54 Å². The standard InChI is InChI=1S/C19H27NO/c1-3-4-9-18-16(13-20-14-19(2)11-7-12-19)15-8-5-6-10-17(15)21-18/h5-6,8,10,20H,3-4,7,9,11-14H2,1-2H3. The molecule has 1 aromatic heterocycles. The van der Waals surface area contributed by atoms with Gasteiger partial charge in [-0.2, -0.15) is 0 Å². The molecule has 0 spiro atoms. The van der Waals surface area contributed by atoms with Crippen LogP contribution in [-0.2, 0) is 13.0 Å².